The van der Waals surface area contributed by atoms with Gasteiger partial charge in [-0.05, 0) is 64.7 Å². The number of amides is 1. The maximum atomic E-state index is 11.5. The van der Waals surface area contributed by atoms with Gasteiger partial charge in [0, 0.05) is 16.6 Å². The number of hydrogen-bond acceptors (Lipinski definition) is 3. The van der Waals surface area contributed by atoms with Gasteiger partial charge in [0.1, 0.15) is 0 Å². The Kier molecular flexibility index (Phi) is 3.59. The van der Waals surface area contributed by atoms with Crippen LogP contribution in [0.5, 0.6) is 0 Å². The zero-order valence-corrected chi connectivity index (χ0v) is 13.3. The third kappa shape index (κ3) is 2.88. The summed E-state index contributed by atoms with van der Waals surface area (Å²) in [5.74, 6) is 0.0509. The Bertz CT molecular complexity index is 728. The van der Waals surface area contributed by atoms with Gasteiger partial charge in [-0.1, -0.05) is 6.07 Å². The van der Waals surface area contributed by atoms with Crippen molar-refractivity contribution in [3.05, 3.63) is 45.9 Å². The predicted molar refractivity (Wildman–Crippen MR) is 90.0 cm³/mol. The van der Waals surface area contributed by atoms with E-state index in [1.807, 2.05) is 37.3 Å². The number of nitrogens with one attached hydrogen (secondary N) is 2. The quantitative estimate of drug-likeness (QED) is 0.721. The van der Waals surface area contributed by atoms with E-state index in [4.69, 9.17) is 5.73 Å². The van der Waals surface area contributed by atoms with Gasteiger partial charge in [-0.25, -0.2) is 0 Å². The molecule has 2 aromatic carbocycles. The van der Waals surface area contributed by atoms with Gasteiger partial charge in [-0.3, -0.25) is 4.79 Å². The van der Waals surface area contributed by atoms with E-state index in [-0.39, 0.29) is 5.91 Å². The molecule has 0 atom stereocenters. The smallest absolute Gasteiger partial charge is 0.224 e. The summed E-state index contributed by atoms with van der Waals surface area (Å²) in [6.07, 6.45) is 1.25. The molecule has 1 aliphatic heterocycles. The maximum absolute atomic E-state index is 11.5. The van der Waals surface area contributed by atoms with Crippen molar-refractivity contribution < 1.29 is 4.79 Å². The minimum Gasteiger partial charge on any atom is -0.397 e. The Morgan fingerprint density at radius 1 is 1.19 bits per heavy atom. The van der Waals surface area contributed by atoms with Crippen LogP contribution >= 0.6 is 15.9 Å². The molecule has 0 bridgehead atoms. The average molecular weight is 346 g/mol. The molecule has 0 unspecified atom stereocenters. The largest absolute Gasteiger partial charge is 0.397 e. The Balaban J connectivity index is 1.97. The van der Waals surface area contributed by atoms with Crippen molar-refractivity contribution in [2.24, 2.45) is 0 Å². The lowest BCUT2D eigenvalue weighted by molar-refractivity contribution is -0.116. The van der Waals surface area contributed by atoms with Crippen LogP contribution < -0.4 is 16.4 Å². The Hall–Kier alpha value is -2.01. The molecule has 0 fully saturated rings. The molecule has 0 radical (unpaired) electrons. The van der Waals surface area contributed by atoms with Crippen LogP contribution in [0.4, 0.5) is 22.7 Å². The molecule has 2 aromatic rings. The topological polar surface area (TPSA) is 67.1 Å². The van der Waals surface area contributed by atoms with Crippen LogP contribution in [0.25, 0.3) is 0 Å². The molecule has 1 amide bonds. The van der Waals surface area contributed by atoms with Crippen LogP contribution in [0.3, 0.4) is 0 Å². The van der Waals surface area contributed by atoms with E-state index in [9.17, 15) is 4.79 Å². The Labute approximate surface area is 131 Å². The van der Waals surface area contributed by atoms with Gasteiger partial charge in [0.05, 0.1) is 17.1 Å². The molecule has 4 N–H and O–H groups in total. The molecule has 0 saturated heterocycles. The van der Waals surface area contributed by atoms with Gasteiger partial charge in [-0.15, -0.1) is 0 Å². The fraction of sp³-hybridized carbons (Fsp3) is 0.188. The first-order valence-electron chi connectivity index (χ1n) is 6.78. The second-order valence-corrected chi connectivity index (χ2v) is 6.11. The van der Waals surface area contributed by atoms with Crippen molar-refractivity contribution >= 4 is 44.6 Å². The average Bonchev–Trinajstić information content (AvgIpc) is 2.44. The molecule has 0 aromatic heterocycles. The first-order chi connectivity index (χ1) is 10.0. The van der Waals surface area contributed by atoms with Gasteiger partial charge < -0.3 is 16.4 Å². The summed E-state index contributed by atoms with van der Waals surface area (Å²) in [5.41, 5.74) is 11.6. The predicted octanol–water partition coefficient (Wildman–Crippen LogP) is 3.97. The number of hydrogen-bond donors (Lipinski definition) is 3. The maximum Gasteiger partial charge on any atom is 0.224 e. The molecule has 21 heavy (non-hydrogen) atoms. The molecule has 1 aliphatic rings. The third-order valence-corrected chi connectivity index (χ3v) is 4.25. The highest BCUT2D eigenvalue weighted by atomic mass is 79.9. The van der Waals surface area contributed by atoms with Crippen LogP contribution in [0, 0.1) is 6.92 Å². The number of fused-ring (bicyclic) bond motifs is 1. The van der Waals surface area contributed by atoms with Crippen molar-refractivity contribution in [3.8, 4) is 0 Å². The lowest BCUT2D eigenvalue weighted by Gasteiger charge is -2.20. The number of halogens is 1. The third-order valence-electron chi connectivity index (χ3n) is 3.56. The summed E-state index contributed by atoms with van der Waals surface area (Å²) in [7, 11) is 0. The van der Waals surface area contributed by atoms with E-state index >= 15 is 0 Å². The van der Waals surface area contributed by atoms with Crippen molar-refractivity contribution in [1.29, 1.82) is 0 Å². The zero-order chi connectivity index (χ0) is 15.0. The lowest BCUT2D eigenvalue weighted by Crippen LogP contribution is -2.19. The Morgan fingerprint density at radius 3 is 2.81 bits per heavy atom. The van der Waals surface area contributed by atoms with Gasteiger partial charge in [-0.2, -0.15) is 0 Å². The van der Waals surface area contributed by atoms with Crippen molar-refractivity contribution in [2.75, 3.05) is 16.4 Å². The normalized spacial score (nSPS) is 13.5. The molecule has 5 heteroatoms. The number of anilines is 4. The first-order valence-corrected chi connectivity index (χ1v) is 7.57. The first kappa shape index (κ1) is 13.9. The highest BCUT2D eigenvalue weighted by Gasteiger charge is 2.17. The highest BCUT2D eigenvalue weighted by Crippen LogP contribution is 2.34. The highest BCUT2D eigenvalue weighted by molar-refractivity contribution is 9.10. The molecule has 0 saturated carbocycles. The number of nitrogens with two attached hydrogens (primary N) is 1. The standard InChI is InChI=1S/C16H16BrN3O/c1-9-2-4-11(17)14(6-9)19-15-8-13-10(7-12(15)18)3-5-16(21)20-13/h2,4,6-8,19H,3,5,18H2,1H3,(H,20,21). The lowest BCUT2D eigenvalue weighted by atomic mass is 10.0. The SMILES string of the molecule is Cc1ccc(Br)c(Nc2cc3c(cc2N)CCC(=O)N3)c1. The van der Waals surface area contributed by atoms with E-state index in [1.165, 1.54) is 0 Å². The molecule has 0 aliphatic carbocycles. The van der Waals surface area contributed by atoms with Gasteiger partial charge >= 0.3 is 0 Å². The second-order valence-electron chi connectivity index (χ2n) is 5.25. The van der Waals surface area contributed by atoms with E-state index in [0.29, 0.717) is 12.1 Å². The summed E-state index contributed by atoms with van der Waals surface area (Å²) < 4.78 is 0.967. The minimum absolute atomic E-state index is 0.0509. The van der Waals surface area contributed by atoms with Gasteiger partial charge in [0.25, 0.3) is 0 Å². The van der Waals surface area contributed by atoms with E-state index < -0.39 is 0 Å². The summed E-state index contributed by atoms with van der Waals surface area (Å²) in [4.78, 5) is 11.5. The fourth-order valence-corrected chi connectivity index (χ4v) is 2.78. The zero-order valence-electron chi connectivity index (χ0n) is 11.7. The van der Waals surface area contributed by atoms with E-state index in [1.54, 1.807) is 0 Å². The van der Waals surface area contributed by atoms with Crippen LogP contribution in [-0.2, 0) is 11.2 Å². The summed E-state index contributed by atoms with van der Waals surface area (Å²) in [5, 5.41) is 6.22. The molecular formula is C16H16BrN3O. The summed E-state index contributed by atoms with van der Waals surface area (Å²) in [6.45, 7) is 2.04. The second kappa shape index (κ2) is 5.41. The van der Waals surface area contributed by atoms with Crippen LogP contribution in [0.2, 0.25) is 0 Å². The number of rotatable bonds is 2. The van der Waals surface area contributed by atoms with E-state index in [2.05, 4.69) is 26.6 Å². The number of carbonyl (C=O) groups is 1. The molecular weight excluding hydrogens is 330 g/mol. The molecule has 0 spiro atoms. The number of benzene rings is 2. The summed E-state index contributed by atoms with van der Waals surface area (Å²) >= 11 is 3.52. The van der Waals surface area contributed by atoms with Gasteiger partial charge in [0.15, 0.2) is 0 Å². The van der Waals surface area contributed by atoms with Crippen LogP contribution in [-0.4, -0.2) is 5.91 Å². The van der Waals surface area contributed by atoms with Crippen molar-refractivity contribution in [1.82, 2.24) is 0 Å². The molecule has 4 nitrogen and oxygen atoms in total. The molecule has 3 rings (SSSR count). The Morgan fingerprint density at radius 2 is 2.00 bits per heavy atom. The molecule has 108 valence electrons. The number of carbonyl (C=O) groups excluding carboxylic acids is 1. The molecule has 1 heterocycles. The number of aryl methyl sites for hydroxylation is 2. The minimum atomic E-state index is 0.0509. The fourth-order valence-electron chi connectivity index (χ4n) is 2.44. The van der Waals surface area contributed by atoms with Gasteiger partial charge in [0.2, 0.25) is 5.91 Å². The summed E-state index contributed by atoms with van der Waals surface area (Å²) in [6, 6.07) is 9.90. The van der Waals surface area contributed by atoms with Crippen molar-refractivity contribution in [3.63, 3.8) is 0 Å². The monoisotopic (exact) mass is 345 g/mol. The number of nitrogen functional groups attached to an aromatic ring is 1. The van der Waals surface area contributed by atoms with Crippen LogP contribution in [0.15, 0.2) is 34.8 Å². The van der Waals surface area contributed by atoms with Crippen molar-refractivity contribution in [2.45, 2.75) is 19.8 Å². The van der Waals surface area contributed by atoms with Crippen LogP contribution in [0.1, 0.15) is 17.5 Å². The van der Waals surface area contributed by atoms with E-state index in [0.717, 1.165) is 39.1 Å².